The topological polar surface area (TPSA) is 70.8 Å². The summed E-state index contributed by atoms with van der Waals surface area (Å²) in [5, 5.41) is 7.59. The lowest BCUT2D eigenvalue weighted by molar-refractivity contribution is 0.00973. The van der Waals surface area contributed by atoms with Gasteiger partial charge in [0.2, 0.25) is 0 Å². The second-order valence-corrected chi connectivity index (χ2v) is 11.8. The minimum atomic E-state index is -0.275. The molecule has 1 atom stereocenters. The van der Waals surface area contributed by atoms with E-state index < -0.39 is 0 Å². The van der Waals surface area contributed by atoms with Gasteiger partial charge in [-0.15, -0.1) is 0 Å². The molecular weight excluding hydrogens is 596 g/mol. The van der Waals surface area contributed by atoms with Gasteiger partial charge in [-0.2, -0.15) is 5.10 Å². The van der Waals surface area contributed by atoms with E-state index in [9.17, 15) is 4.79 Å². The van der Waals surface area contributed by atoms with E-state index in [2.05, 4.69) is 38.4 Å². The van der Waals surface area contributed by atoms with E-state index >= 15 is 0 Å². The third-order valence-electron chi connectivity index (χ3n) is 8.13. The van der Waals surface area contributed by atoms with Crippen molar-refractivity contribution in [2.75, 3.05) is 51.4 Å². The van der Waals surface area contributed by atoms with Crippen LogP contribution in [0.1, 0.15) is 66.2 Å². The molecule has 3 aromatic rings. The predicted molar refractivity (Wildman–Crippen MR) is 162 cm³/mol. The van der Waals surface area contributed by atoms with Crippen LogP contribution in [0.25, 0.3) is 22.0 Å². The van der Waals surface area contributed by atoms with Crippen molar-refractivity contribution in [1.82, 2.24) is 19.2 Å². The van der Waals surface area contributed by atoms with Gasteiger partial charge in [-0.05, 0) is 57.6 Å². The first-order chi connectivity index (χ1) is 19.5. The van der Waals surface area contributed by atoms with Gasteiger partial charge in [0.15, 0.2) is 0 Å². The van der Waals surface area contributed by atoms with Crippen molar-refractivity contribution < 1.29 is 19.0 Å². The second-order valence-electron chi connectivity index (χ2n) is 10.6. The van der Waals surface area contributed by atoms with E-state index in [-0.39, 0.29) is 12.1 Å². The molecule has 0 saturated carbocycles. The number of aromatic nitrogens is 3. The van der Waals surface area contributed by atoms with Gasteiger partial charge < -0.3 is 18.8 Å². The molecule has 2 aliphatic rings. The molecule has 0 spiro atoms. The molecule has 0 bridgehead atoms. The van der Waals surface area contributed by atoms with Crippen molar-refractivity contribution >= 4 is 44.4 Å². The Balaban J connectivity index is 1.72. The van der Waals surface area contributed by atoms with Crippen molar-refractivity contribution in [3.8, 4) is 11.1 Å². The van der Waals surface area contributed by atoms with E-state index in [0.29, 0.717) is 30.5 Å². The molecule has 218 valence electrons. The summed E-state index contributed by atoms with van der Waals surface area (Å²) in [7, 11) is 1.98. The van der Waals surface area contributed by atoms with Crippen LogP contribution >= 0.6 is 27.5 Å². The lowest BCUT2D eigenvalue weighted by atomic mass is 9.95. The smallest absolute Gasteiger partial charge is 0.355 e. The van der Waals surface area contributed by atoms with Gasteiger partial charge in [0, 0.05) is 67.4 Å². The predicted octanol–water partition coefficient (Wildman–Crippen LogP) is 6.08. The van der Waals surface area contributed by atoms with E-state index in [1.54, 1.807) is 0 Å². The maximum absolute atomic E-state index is 13.5. The molecule has 1 aromatic carbocycles. The highest BCUT2D eigenvalue weighted by Gasteiger charge is 2.32. The van der Waals surface area contributed by atoms with Gasteiger partial charge in [-0.3, -0.25) is 9.58 Å². The molecule has 1 saturated heterocycles. The number of halogens is 2. The monoisotopic (exact) mass is 634 g/mol. The summed E-state index contributed by atoms with van der Waals surface area (Å²) in [5.74, 6) is -0.275. The number of hydrogen-bond donors (Lipinski definition) is 0. The Morgan fingerprint density at radius 1 is 1.18 bits per heavy atom. The first kappa shape index (κ1) is 29.6. The van der Waals surface area contributed by atoms with Gasteiger partial charge in [0.1, 0.15) is 11.8 Å². The molecule has 2 aromatic heterocycles. The molecule has 0 aliphatic carbocycles. The maximum Gasteiger partial charge on any atom is 0.355 e. The molecule has 40 heavy (non-hydrogen) atoms. The molecular formula is C30H40BrClN4O4. The van der Waals surface area contributed by atoms with Gasteiger partial charge in [-0.1, -0.05) is 33.6 Å². The molecule has 1 fully saturated rings. The van der Waals surface area contributed by atoms with E-state index in [1.165, 1.54) is 0 Å². The molecule has 4 heterocycles. The number of carbonyl (C=O) groups excluding carboxylic acids is 1. The summed E-state index contributed by atoms with van der Waals surface area (Å²) in [6, 6.07) is 4.04. The number of rotatable bonds is 8. The molecule has 1 unspecified atom stereocenters. The minimum absolute atomic E-state index is 0.164. The van der Waals surface area contributed by atoms with E-state index in [0.717, 1.165) is 109 Å². The van der Waals surface area contributed by atoms with Crippen LogP contribution in [-0.2, 0) is 34.2 Å². The van der Waals surface area contributed by atoms with Crippen molar-refractivity contribution in [3.05, 3.63) is 39.8 Å². The molecule has 8 nitrogen and oxygen atoms in total. The van der Waals surface area contributed by atoms with Crippen LogP contribution in [0.15, 0.2) is 12.1 Å². The van der Waals surface area contributed by atoms with Crippen molar-refractivity contribution in [3.63, 3.8) is 0 Å². The summed E-state index contributed by atoms with van der Waals surface area (Å²) >= 11 is 10.7. The zero-order valence-electron chi connectivity index (χ0n) is 23.8. The number of hydrogen-bond acceptors (Lipinski definition) is 6. The Hall–Kier alpha value is -1.91. The lowest BCUT2D eigenvalue weighted by Crippen LogP contribution is -2.37. The standard InChI is InChI=1S/C30H40BrClN4O4/c1-4-39-30(37)29-21(8-7-12-31)22-9-10-23(32)26-25-20(2)34(3)33-27(25)24(11-14-35-15-18-38-19-16-35)40-17-6-5-13-36(29)28(22)26/h9-10,24H,4-8,11-19H2,1-3H3. The third-order valence-corrected chi connectivity index (χ3v) is 9.01. The number of benzene rings is 1. The lowest BCUT2D eigenvalue weighted by Gasteiger charge is -2.28. The fourth-order valence-corrected chi connectivity index (χ4v) is 6.60. The Morgan fingerprint density at radius 3 is 2.73 bits per heavy atom. The Bertz CT molecular complexity index is 1350. The Labute approximate surface area is 250 Å². The van der Waals surface area contributed by atoms with E-state index in [1.807, 2.05) is 24.7 Å². The van der Waals surface area contributed by atoms with Crippen molar-refractivity contribution in [2.45, 2.75) is 58.6 Å². The quantitative estimate of drug-likeness (QED) is 0.221. The number of nitrogens with zero attached hydrogens (tertiary/aromatic N) is 4. The van der Waals surface area contributed by atoms with Gasteiger partial charge in [-0.25, -0.2) is 4.79 Å². The van der Waals surface area contributed by atoms with Crippen LogP contribution in [0.2, 0.25) is 5.02 Å². The van der Waals surface area contributed by atoms with Crippen LogP contribution in [-0.4, -0.2) is 76.6 Å². The molecule has 0 N–H and O–H groups in total. The normalized spacial score (nSPS) is 18.5. The number of morpholine rings is 1. The average Bonchev–Trinajstić information content (AvgIpc) is 3.41. The van der Waals surface area contributed by atoms with Crippen molar-refractivity contribution in [1.29, 1.82) is 0 Å². The molecule has 10 heteroatoms. The Kier molecular flexibility index (Phi) is 9.89. The van der Waals surface area contributed by atoms with Gasteiger partial charge >= 0.3 is 5.97 Å². The summed E-state index contributed by atoms with van der Waals surface area (Å²) in [5.41, 5.74) is 6.55. The zero-order valence-corrected chi connectivity index (χ0v) is 26.2. The molecule has 2 aliphatic heterocycles. The summed E-state index contributed by atoms with van der Waals surface area (Å²) in [6.07, 6.45) is 4.11. The summed E-state index contributed by atoms with van der Waals surface area (Å²) < 4.78 is 21.8. The highest BCUT2D eigenvalue weighted by atomic mass is 79.9. The average molecular weight is 636 g/mol. The van der Waals surface area contributed by atoms with Crippen molar-refractivity contribution in [2.24, 2.45) is 7.05 Å². The fourth-order valence-electron chi connectivity index (χ4n) is 6.07. The van der Waals surface area contributed by atoms with Crippen LogP contribution in [0, 0.1) is 6.92 Å². The highest BCUT2D eigenvalue weighted by molar-refractivity contribution is 9.09. The van der Waals surface area contributed by atoms with Crippen LogP contribution in [0.5, 0.6) is 0 Å². The molecule has 0 amide bonds. The summed E-state index contributed by atoms with van der Waals surface area (Å²) in [4.78, 5) is 15.9. The van der Waals surface area contributed by atoms with Crippen LogP contribution < -0.4 is 0 Å². The Morgan fingerprint density at radius 2 is 1.98 bits per heavy atom. The van der Waals surface area contributed by atoms with Gasteiger partial charge in [0.25, 0.3) is 0 Å². The number of ether oxygens (including phenoxy) is 3. The number of esters is 1. The number of alkyl halides is 1. The highest BCUT2D eigenvalue weighted by Crippen LogP contribution is 2.44. The van der Waals surface area contributed by atoms with Crippen LogP contribution in [0.4, 0.5) is 0 Å². The maximum atomic E-state index is 13.5. The number of aryl methyl sites for hydroxylation is 3. The SMILES string of the molecule is CCOC(=O)c1c(CCCBr)c2ccc(Cl)c3c2n1CCCCOC(CCN1CCOCC1)c1nn(C)c(C)c1-3. The number of carbonyl (C=O) groups is 1. The first-order valence-corrected chi connectivity index (χ1v) is 16.0. The molecule has 5 rings (SSSR count). The van der Waals surface area contributed by atoms with E-state index in [4.69, 9.17) is 30.9 Å². The third kappa shape index (κ3) is 5.86. The minimum Gasteiger partial charge on any atom is -0.461 e. The fraction of sp³-hybridized carbons (Fsp3) is 0.600. The summed E-state index contributed by atoms with van der Waals surface area (Å²) in [6.45, 7) is 9.92. The second kappa shape index (κ2) is 13.4. The largest absolute Gasteiger partial charge is 0.461 e. The van der Waals surface area contributed by atoms with Crippen LogP contribution in [0.3, 0.4) is 0 Å². The number of fused-ring (bicyclic) bond motifs is 2. The molecule has 0 radical (unpaired) electrons. The first-order valence-electron chi connectivity index (χ1n) is 14.5. The zero-order chi connectivity index (χ0) is 28.2. The van der Waals surface area contributed by atoms with Gasteiger partial charge in [0.05, 0.1) is 36.1 Å².